The van der Waals surface area contributed by atoms with Gasteiger partial charge < -0.3 is 14.6 Å². The molecule has 0 heterocycles. The molecule has 0 aliphatic rings. The van der Waals surface area contributed by atoms with Crippen LogP contribution in [0, 0.1) is 0 Å². The number of esters is 1. The molecule has 0 aromatic rings. The molecular formula is C23H64O5S. The lowest BCUT2D eigenvalue weighted by molar-refractivity contribution is -0.144. The van der Waals surface area contributed by atoms with Crippen molar-refractivity contribution in [2.75, 3.05) is 20.3 Å². The Morgan fingerprint density at radius 2 is 1.14 bits per heavy atom. The van der Waals surface area contributed by atoms with Crippen molar-refractivity contribution < 1.29 is 24.2 Å². The van der Waals surface area contributed by atoms with Crippen LogP contribution >= 0.6 is 11.8 Å². The molecule has 29 heavy (non-hydrogen) atoms. The summed E-state index contributed by atoms with van der Waals surface area (Å²) < 4.78 is 9.82. The molecule has 0 aromatic carbocycles. The van der Waals surface area contributed by atoms with E-state index in [-0.39, 0.29) is 104 Å². The van der Waals surface area contributed by atoms with E-state index in [1.807, 2.05) is 13.8 Å². The van der Waals surface area contributed by atoms with Crippen molar-refractivity contribution in [3.8, 4) is 0 Å². The molecule has 0 saturated heterocycles. The molecule has 0 fully saturated rings. The minimum atomic E-state index is -0.795. The van der Waals surface area contributed by atoms with Gasteiger partial charge >= 0.3 is 11.9 Å². The highest BCUT2D eigenvalue weighted by atomic mass is 32.2. The van der Waals surface area contributed by atoms with Crippen molar-refractivity contribution >= 4 is 23.7 Å². The predicted octanol–water partition coefficient (Wildman–Crippen LogP) is 8.69. The molecule has 0 saturated carbocycles. The van der Waals surface area contributed by atoms with Gasteiger partial charge in [0, 0.05) is 17.6 Å². The van der Waals surface area contributed by atoms with Gasteiger partial charge in [-0.25, -0.2) is 0 Å². The third kappa shape index (κ3) is 42.4. The lowest BCUT2D eigenvalue weighted by Crippen LogP contribution is -2.19. The maximum Gasteiger partial charge on any atom is 0.306 e. The summed E-state index contributed by atoms with van der Waals surface area (Å²) >= 11 is 1.57. The monoisotopic (exact) mass is 452 g/mol. The summed E-state index contributed by atoms with van der Waals surface area (Å²) in [6.45, 7) is 4.62. The molecule has 1 N–H and O–H groups in total. The maximum atomic E-state index is 11.6. The van der Waals surface area contributed by atoms with Crippen molar-refractivity contribution in [2.45, 2.75) is 124 Å². The number of thioether (sulfide) groups is 1. The quantitative estimate of drug-likeness (QED) is 0.249. The number of carbonyl (C=O) groups excluding carboxylic acids is 1. The van der Waals surface area contributed by atoms with Gasteiger partial charge in [0.2, 0.25) is 0 Å². The molecule has 0 bridgehead atoms. The first-order valence-corrected chi connectivity index (χ1v) is 7.49. The smallest absolute Gasteiger partial charge is 0.306 e. The lowest BCUT2D eigenvalue weighted by atomic mass is 10.2. The molecule has 2 atom stereocenters. The van der Waals surface area contributed by atoms with E-state index in [1.54, 1.807) is 18.9 Å². The zero-order valence-electron chi connectivity index (χ0n) is 11.9. The van der Waals surface area contributed by atoms with Crippen molar-refractivity contribution in [3.05, 3.63) is 0 Å². The average molecular weight is 453 g/mol. The Hall–Kier alpha value is -0.750. The maximum absolute atomic E-state index is 11.6. The fourth-order valence-corrected chi connectivity index (χ4v) is 2.93. The molecule has 192 valence electrons. The van der Waals surface area contributed by atoms with Crippen LogP contribution in [0.2, 0.25) is 0 Å². The van der Waals surface area contributed by atoms with Crippen molar-refractivity contribution in [3.63, 3.8) is 0 Å². The van der Waals surface area contributed by atoms with E-state index in [0.29, 0.717) is 13.0 Å². The van der Waals surface area contributed by atoms with Crippen LogP contribution in [0.1, 0.15) is 114 Å². The van der Waals surface area contributed by atoms with Gasteiger partial charge in [-0.3, -0.25) is 9.59 Å². The first-order chi connectivity index (χ1) is 9.03. The molecule has 0 radical (unpaired) electrons. The highest BCUT2D eigenvalue weighted by Gasteiger charge is 2.20. The van der Waals surface area contributed by atoms with Gasteiger partial charge in [-0.15, -0.1) is 0 Å². The van der Waals surface area contributed by atoms with E-state index in [2.05, 4.69) is 0 Å². The van der Waals surface area contributed by atoms with E-state index in [9.17, 15) is 9.59 Å². The summed E-state index contributed by atoms with van der Waals surface area (Å²) in [7, 11) is 1.55. The highest BCUT2D eigenvalue weighted by Crippen LogP contribution is 2.27. The second kappa shape index (κ2) is 45.8. The van der Waals surface area contributed by atoms with Gasteiger partial charge in [0.05, 0.1) is 19.4 Å². The number of aliphatic carboxylic acids is 1. The summed E-state index contributed by atoms with van der Waals surface area (Å²) in [5, 5.41) is 8.97. The van der Waals surface area contributed by atoms with Gasteiger partial charge in [0.15, 0.2) is 0 Å². The second-order valence-electron chi connectivity index (χ2n) is 4.21. The number of carbonyl (C=O) groups is 2. The van der Waals surface area contributed by atoms with Gasteiger partial charge in [-0.2, -0.15) is 11.8 Å². The molecule has 0 aliphatic heterocycles. The fraction of sp³-hybridized carbons (Fsp3) is 0.913. The fourth-order valence-electron chi connectivity index (χ4n) is 1.53. The van der Waals surface area contributed by atoms with Gasteiger partial charge in [-0.1, -0.05) is 88.1 Å². The van der Waals surface area contributed by atoms with Crippen molar-refractivity contribution in [1.82, 2.24) is 0 Å². The van der Waals surface area contributed by atoms with E-state index in [0.717, 1.165) is 12.8 Å². The van der Waals surface area contributed by atoms with Gasteiger partial charge in [0.1, 0.15) is 6.61 Å². The number of hydrogen-bond donors (Lipinski definition) is 1. The zero-order chi connectivity index (χ0) is 14.7. The molecule has 2 unspecified atom stereocenters. The minimum Gasteiger partial charge on any atom is -0.481 e. The molecule has 6 heteroatoms. The molecule has 0 aromatic heterocycles. The molecule has 0 aliphatic carbocycles. The Kier molecular flexibility index (Phi) is 111. The molecular weight excluding hydrogens is 388 g/mol. The lowest BCUT2D eigenvalue weighted by Gasteiger charge is -2.19. The van der Waals surface area contributed by atoms with E-state index in [4.69, 9.17) is 14.6 Å². The van der Waals surface area contributed by atoms with Crippen LogP contribution in [-0.4, -0.2) is 47.9 Å². The van der Waals surface area contributed by atoms with Crippen LogP contribution < -0.4 is 0 Å². The van der Waals surface area contributed by atoms with Crippen molar-refractivity contribution in [2.24, 2.45) is 0 Å². The van der Waals surface area contributed by atoms with Gasteiger partial charge in [0.25, 0.3) is 0 Å². The SMILES string of the molecule is C.C.C.C.C.C.C.C.C.C.CCC(CC(=O)O)SC(CC)CC(=O)OCCOC. The zero-order valence-corrected chi connectivity index (χ0v) is 12.7. The van der Waals surface area contributed by atoms with Crippen LogP contribution in [0.15, 0.2) is 0 Å². The summed E-state index contributed by atoms with van der Waals surface area (Å²) in [5.41, 5.74) is 0. The number of ether oxygens (including phenoxy) is 2. The Labute approximate surface area is 192 Å². The topological polar surface area (TPSA) is 72.8 Å². The van der Waals surface area contributed by atoms with E-state index in [1.165, 1.54) is 0 Å². The van der Waals surface area contributed by atoms with Crippen LogP contribution in [0.3, 0.4) is 0 Å². The van der Waals surface area contributed by atoms with Crippen LogP contribution in [0.25, 0.3) is 0 Å². The van der Waals surface area contributed by atoms with E-state index < -0.39 is 5.97 Å². The third-order valence-electron chi connectivity index (χ3n) is 2.64. The van der Waals surface area contributed by atoms with Crippen LogP contribution in [-0.2, 0) is 19.1 Å². The average Bonchev–Trinajstić information content (AvgIpc) is 2.36. The first-order valence-electron chi connectivity index (χ1n) is 6.55. The first kappa shape index (κ1) is 70.5. The second-order valence-corrected chi connectivity index (χ2v) is 5.82. The number of hydrogen-bond acceptors (Lipinski definition) is 5. The largest absolute Gasteiger partial charge is 0.481 e. The normalized spacial score (nSPS) is 9.07. The molecule has 0 amide bonds. The molecule has 5 nitrogen and oxygen atoms in total. The Balaban J connectivity index is -0.0000000360. The van der Waals surface area contributed by atoms with Crippen LogP contribution in [0.4, 0.5) is 0 Å². The Bertz CT molecular complexity index is 274. The summed E-state index contributed by atoms with van der Waals surface area (Å²) in [6.07, 6.45) is 2.06. The minimum absolute atomic E-state index is 0. The molecule has 0 rings (SSSR count). The number of methoxy groups -OCH3 is 1. The summed E-state index contributed by atoms with van der Waals surface area (Å²) in [5.74, 6) is -1.04. The number of carboxylic acids is 1. The van der Waals surface area contributed by atoms with E-state index >= 15 is 0 Å². The number of carboxylic acid groups (broad SMARTS) is 1. The molecule has 0 spiro atoms. The Morgan fingerprint density at radius 3 is 1.45 bits per heavy atom. The summed E-state index contributed by atoms with van der Waals surface area (Å²) in [4.78, 5) is 22.3. The highest BCUT2D eigenvalue weighted by molar-refractivity contribution is 8.00. The Morgan fingerprint density at radius 1 is 0.759 bits per heavy atom. The van der Waals surface area contributed by atoms with Crippen molar-refractivity contribution in [1.29, 1.82) is 0 Å². The van der Waals surface area contributed by atoms with Gasteiger partial charge in [-0.05, 0) is 12.8 Å². The number of rotatable bonds is 11. The van der Waals surface area contributed by atoms with Crippen LogP contribution in [0.5, 0.6) is 0 Å². The predicted molar refractivity (Wildman–Crippen MR) is 143 cm³/mol. The third-order valence-corrected chi connectivity index (χ3v) is 4.41. The summed E-state index contributed by atoms with van der Waals surface area (Å²) in [6, 6.07) is 0. The standard InChI is InChI=1S/C13H24O5S.10CH4/c1-4-10(8-12(14)15)19-11(5-2)9-13(16)18-7-6-17-3;;;;;;;;;;/h10-11H,4-9H2,1-3H3,(H,14,15);10*1H4.